The Morgan fingerprint density at radius 1 is 1.05 bits per heavy atom. The lowest BCUT2D eigenvalue weighted by Gasteiger charge is -2.09. The van der Waals surface area contributed by atoms with Crippen LogP contribution in [0, 0.1) is 13.8 Å². The third-order valence-corrected chi connectivity index (χ3v) is 3.80. The number of carbonyl (C=O) groups is 1. The number of nitrogens with zero attached hydrogens (tertiary/aromatic N) is 1. The van der Waals surface area contributed by atoms with Crippen LogP contribution in [-0.2, 0) is 0 Å². The maximum Gasteiger partial charge on any atom is 0.253 e. The minimum atomic E-state index is -0.457. The Bertz CT molecular complexity index is 838. The molecule has 0 aliphatic heterocycles. The van der Waals surface area contributed by atoms with Gasteiger partial charge in [-0.1, -0.05) is 48.0 Å². The predicted molar refractivity (Wildman–Crippen MR) is 86.8 cm³/mol. The van der Waals surface area contributed by atoms with E-state index in [0.29, 0.717) is 5.56 Å². The molecule has 3 aromatic rings. The zero-order valence-electron chi connectivity index (χ0n) is 11.9. The number of carbonyl (C=O) groups excluding carboxylic acids is 1. The van der Waals surface area contributed by atoms with Crippen LogP contribution >= 0.6 is 11.6 Å². The van der Waals surface area contributed by atoms with Gasteiger partial charge in [-0.15, -0.1) is 0 Å². The van der Waals surface area contributed by atoms with E-state index < -0.39 is 5.24 Å². The first-order valence-corrected chi connectivity index (χ1v) is 7.11. The van der Waals surface area contributed by atoms with Gasteiger partial charge in [0.1, 0.15) is 0 Å². The van der Waals surface area contributed by atoms with E-state index in [1.165, 1.54) is 5.56 Å². The van der Waals surface area contributed by atoms with Crippen LogP contribution in [-0.4, -0.2) is 10.2 Å². The van der Waals surface area contributed by atoms with Crippen LogP contribution in [0.1, 0.15) is 21.5 Å². The number of fused-ring (bicyclic) bond motifs is 1. The van der Waals surface area contributed by atoms with Gasteiger partial charge in [-0.25, -0.2) is 4.98 Å². The highest BCUT2D eigenvalue weighted by molar-refractivity contribution is 6.68. The first kappa shape index (κ1) is 13.8. The lowest BCUT2D eigenvalue weighted by Crippen LogP contribution is -1.97. The summed E-state index contributed by atoms with van der Waals surface area (Å²) in [6, 6.07) is 15.6. The lowest BCUT2D eigenvalue weighted by atomic mass is 10.0. The molecule has 0 amide bonds. The van der Waals surface area contributed by atoms with Gasteiger partial charge in [0.25, 0.3) is 5.24 Å². The maximum atomic E-state index is 11.7. The Morgan fingerprint density at radius 2 is 1.76 bits per heavy atom. The molecule has 2 nitrogen and oxygen atoms in total. The number of hydrogen-bond acceptors (Lipinski definition) is 2. The average Bonchev–Trinajstić information content (AvgIpc) is 2.47. The second kappa shape index (κ2) is 5.30. The molecule has 0 fully saturated rings. The van der Waals surface area contributed by atoms with E-state index in [9.17, 15) is 4.79 Å². The summed E-state index contributed by atoms with van der Waals surface area (Å²) in [4.78, 5) is 16.5. The fourth-order valence-corrected chi connectivity index (χ4v) is 2.58. The van der Waals surface area contributed by atoms with Crippen molar-refractivity contribution in [3.63, 3.8) is 0 Å². The van der Waals surface area contributed by atoms with Gasteiger partial charge < -0.3 is 0 Å². The summed E-state index contributed by atoms with van der Waals surface area (Å²) in [7, 11) is 0. The molecule has 21 heavy (non-hydrogen) atoms. The quantitative estimate of drug-likeness (QED) is 0.630. The zero-order valence-corrected chi connectivity index (χ0v) is 12.6. The standard InChI is InChI=1S/C18H14ClNO/c1-11-6-8-13(9-7-11)16-10-15(18(19)21)14-5-3-4-12(2)17(14)20-16/h3-10H,1-2H3. The number of aryl methyl sites for hydroxylation is 2. The predicted octanol–water partition coefficient (Wildman–Crippen LogP) is 4.90. The summed E-state index contributed by atoms with van der Waals surface area (Å²) < 4.78 is 0. The number of halogens is 1. The minimum absolute atomic E-state index is 0.457. The monoisotopic (exact) mass is 295 g/mol. The summed E-state index contributed by atoms with van der Waals surface area (Å²) >= 11 is 5.75. The highest BCUT2D eigenvalue weighted by Crippen LogP contribution is 2.27. The van der Waals surface area contributed by atoms with E-state index in [1.807, 2.05) is 56.3 Å². The van der Waals surface area contributed by atoms with Gasteiger partial charge in [0, 0.05) is 16.5 Å². The van der Waals surface area contributed by atoms with Crippen molar-refractivity contribution < 1.29 is 4.79 Å². The number of para-hydroxylation sites is 1. The Morgan fingerprint density at radius 3 is 2.43 bits per heavy atom. The van der Waals surface area contributed by atoms with Crippen molar-refractivity contribution in [2.24, 2.45) is 0 Å². The van der Waals surface area contributed by atoms with Crippen molar-refractivity contribution >= 4 is 27.7 Å². The summed E-state index contributed by atoms with van der Waals surface area (Å²) in [6.07, 6.45) is 0. The van der Waals surface area contributed by atoms with Crippen molar-refractivity contribution in [3.8, 4) is 11.3 Å². The molecule has 2 aromatic carbocycles. The van der Waals surface area contributed by atoms with Gasteiger partial charge in [-0.3, -0.25) is 4.79 Å². The summed E-state index contributed by atoms with van der Waals surface area (Å²) in [6.45, 7) is 4.02. The van der Waals surface area contributed by atoms with E-state index in [2.05, 4.69) is 0 Å². The molecule has 3 heteroatoms. The summed E-state index contributed by atoms with van der Waals surface area (Å²) in [5.41, 5.74) is 5.27. The molecule has 0 atom stereocenters. The van der Waals surface area contributed by atoms with Crippen LogP contribution in [0.4, 0.5) is 0 Å². The average molecular weight is 296 g/mol. The number of aromatic nitrogens is 1. The molecule has 0 unspecified atom stereocenters. The Labute approximate surface area is 128 Å². The van der Waals surface area contributed by atoms with Crippen molar-refractivity contribution in [2.75, 3.05) is 0 Å². The SMILES string of the molecule is Cc1ccc(-c2cc(C(=O)Cl)c3cccc(C)c3n2)cc1. The third kappa shape index (κ3) is 2.55. The van der Waals surface area contributed by atoms with Gasteiger partial charge in [0.05, 0.1) is 11.2 Å². The Kier molecular flexibility index (Phi) is 3.48. The number of hydrogen-bond donors (Lipinski definition) is 0. The van der Waals surface area contributed by atoms with E-state index in [4.69, 9.17) is 16.6 Å². The van der Waals surface area contributed by atoms with E-state index in [0.717, 1.165) is 27.7 Å². The number of benzene rings is 2. The van der Waals surface area contributed by atoms with E-state index in [1.54, 1.807) is 6.07 Å². The topological polar surface area (TPSA) is 30.0 Å². The normalized spacial score (nSPS) is 10.8. The first-order chi connectivity index (χ1) is 10.1. The van der Waals surface area contributed by atoms with Gasteiger partial charge in [0.2, 0.25) is 0 Å². The smallest absolute Gasteiger partial charge is 0.253 e. The van der Waals surface area contributed by atoms with Crippen LogP contribution in [0.15, 0.2) is 48.5 Å². The molecule has 0 saturated carbocycles. The zero-order chi connectivity index (χ0) is 15.0. The van der Waals surface area contributed by atoms with Gasteiger partial charge in [0.15, 0.2) is 0 Å². The van der Waals surface area contributed by atoms with Gasteiger partial charge >= 0.3 is 0 Å². The van der Waals surface area contributed by atoms with Gasteiger partial charge in [-0.2, -0.15) is 0 Å². The van der Waals surface area contributed by atoms with Gasteiger partial charge in [-0.05, 0) is 37.1 Å². The molecule has 0 aliphatic rings. The molecule has 0 bridgehead atoms. The van der Waals surface area contributed by atoms with Crippen molar-refractivity contribution in [1.82, 2.24) is 4.98 Å². The van der Waals surface area contributed by atoms with Crippen molar-refractivity contribution in [1.29, 1.82) is 0 Å². The summed E-state index contributed by atoms with van der Waals surface area (Å²) in [5.74, 6) is 0. The number of rotatable bonds is 2. The highest BCUT2D eigenvalue weighted by Gasteiger charge is 2.13. The molecule has 1 heterocycles. The number of pyridine rings is 1. The molecule has 1 aromatic heterocycles. The van der Waals surface area contributed by atoms with Crippen LogP contribution in [0.2, 0.25) is 0 Å². The minimum Gasteiger partial charge on any atom is -0.276 e. The van der Waals surface area contributed by atoms with Crippen molar-refractivity contribution in [3.05, 3.63) is 65.2 Å². The largest absolute Gasteiger partial charge is 0.276 e. The van der Waals surface area contributed by atoms with E-state index in [-0.39, 0.29) is 0 Å². The molecular weight excluding hydrogens is 282 g/mol. The third-order valence-electron chi connectivity index (χ3n) is 3.60. The van der Waals surface area contributed by atoms with Crippen LogP contribution < -0.4 is 0 Å². The maximum absolute atomic E-state index is 11.7. The van der Waals surface area contributed by atoms with E-state index >= 15 is 0 Å². The highest BCUT2D eigenvalue weighted by atomic mass is 35.5. The second-order valence-electron chi connectivity index (χ2n) is 5.17. The molecule has 0 spiro atoms. The summed E-state index contributed by atoms with van der Waals surface area (Å²) in [5, 5.41) is 0.340. The lowest BCUT2D eigenvalue weighted by molar-refractivity contribution is 0.108. The molecule has 3 rings (SSSR count). The van der Waals surface area contributed by atoms with Crippen LogP contribution in [0.5, 0.6) is 0 Å². The second-order valence-corrected chi connectivity index (χ2v) is 5.51. The van der Waals surface area contributed by atoms with Crippen molar-refractivity contribution in [2.45, 2.75) is 13.8 Å². The first-order valence-electron chi connectivity index (χ1n) is 6.73. The van der Waals surface area contributed by atoms with Crippen LogP contribution in [0.25, 0.3) is 22.2 Å². The molecule has 0 radical (unpaired) electrons. The molecule has 0 N–H and O–H groups in total. The Balaban J connectivity index is 2.32. The fraction of sp³-hybridized carbons (Fsp3) is 0.111. The van der Waals surface area contributed by atoms with Crippen LogP contribution in [0.3, 0.4) is 0 Å². The molecule has 104 valence electrons. The molecular formula is C18H14ClNO. The Hall–Kier alpha value is -2.19. The molecule has 0 saturated heterocycles. The fourth-order valence-electron chi connectivity index (χ4n) is 2.43. The molecule has 0 aliphatic carbocycles.